The highest BCUT2D eigenvalue weighted by Crippen LogP contribution is 2.35. The summed E-state index contributed by atoms with van der Waals surface area (Å²) in [7, 11) is 0. The smallest absolute Gasteiger partial charge is 0.153 e. The number of rotatable bonds is 3. The Bertz CT molecular complexity index is 800. The molecule has 3 aromatic heterocycles. The molecule has 4 rings (SSSR count). The van der Waals surface area contributed by atoms with Crippen molar-refractivity contribution in [1.29, 1.82) is 0 Å². The minimum Gasteiger partial charge on any atom is -0.463 e. The van der Waals surface area contributed by atoms with E-state index in [0.717, 1.165) is 6.42 Å². The topological polar surface area (TPSA) is 73.3 Å². The van der Waals surface area contributed by atoms with E-state index >= 15 is 0 Å². The van der Waals surface area contributed by atoms with E-state index in [1.54, 1.807) is 16.7 Å². The molecule has 0 radical (unpaired) electrons. The van der Waals surface area contributed by atoms with Gasteiger partial charge in [-0.1, -0.05) is 0 Å². The summed E-state index contributed by atoms with van der Waals surface area (Å²) < 4.78 is 27.1. The van der Waals surface area contributed by atoms with Gasteiger partial charge in [0, 0.05) is 6.20 Å². The van der Waals surface area contributed by atoms with E-state index in [4.69, 9.17) is 9.15 Å². The average molecular weight is 303 g/mol. The predicted molar refractivity (Wildman–Crippen MR) is 75.4 cm³/mol. The maximum absolute atomic E-state index is 14.4. The zero-order chi connectivity index (χ0) is 15.1. The van der Waals surface area contributed by atoms with Crippen LogP contribution in [0.3, 0.4) is 0 Å². The second-order valence-electron chi connectivity index (χ2n) is 5.26. The Kier molecular flexibility index (Phi) is 3.16. The van der Waals surface area contributed by atoms with E-state index in [-0.39, 0.29) is 18.9 Å². The van der Waals surface area contributed by atoms with Gasteiger partial charge in [0.2, 0.25) is 0 Å². The molecule has 114 valence electrons. The van der Waals surface area contributed by atoms with Crippen LogP contribution in [-0.4, -0.2) is 32.4 Å². The van der Waals surface area contributed by atoms with Crippen molar-refractivity contribution in [2.75, 3.05) is 6.61 Å². The van der Waals surface area contributed by atoms with Crippen LogP contribution in [0.2, 0.25) is 0 Å². The number of hydrogen-bond donors (Lipinski definition) is 1. The molecule has 22 heavy (non-hydrogen) atoms. The van der Waals surface area contributed by atoms with Crippen LogP contribution in [0.4, 0.5) is 4.39 Å². The number of fused-ring (bicyclic) bond motifs is 1. The van der Waals surface area contributed by atoms with E-state index < -0.39 is 5.82 Å². The Balaban J connectivity index is 1.84. The Morgan fingerprint density at radius 3 is 3.00 bits per heavy atom. The van der Waals surface area contributed by atoms with E-state index in [1.807, 2.05) is 0 Å². The van der Waals surface area contributed by atoms with Crippen LogP contribution in [-0.2, 0) is 4.74 Å². The van der Waals surface area contributed by atoms with Gasteiger partial charge in [-0.3, -0.25) is 0 Å². The lowest BCUT2D eigenvalue weighted by Gasteiger charge is -2.14. The predicted octanol–water partition coefficient (Wildman–Crippen LogP) is 2.50. The maximum atomic E-state index is 14.4. The first-order chi connectivity index (χ1) is 10.8. The minimum atomic E-state index is -0.418. The number of ether oxygens (including phenoxy) is 1. The largest absolute Gasteiger partial charge is 0.463 e. The molecule has 2 atom stereocenters. The third kappa shape index (κ3) is 2.01. The van der Waals surface area contributed by atoms with E-state index in [9.17, 15) is 9.50 Å². The van der Waals surface area contributed by atoms with Gasteiger partial charge in [-0.2, -0.15) is 0 Å². The van der Waals surface area contributed by atoms with Crippen molar-refractivity contribution >= 4 is 11.0 Å². The van der Waals surface area contributed by atoms with Crippen LogP contribution in [0, 0.1) is 5.82 Å². The van der Waals surface area contributed by atoms with Gasteiger partial charge < -0.3 is 18.8 Å². The number of halogens is 1. The Hall–Kier alpha value is -2.25. The Morgan fingerprint density at radius 2 is 2.27 bits per heavy atom. The van der Waals surface area contributed by atoms with Crippen molar-refractivity contribution in [2.45, 2.75) is 25.2 Å². The van der Waals surface area contributed by atoms with Gasteiger partial charge in [0.1, 0.15) is 23.9 Å². The van der Waals surface area contributed by atoms with E-state index in [2.05, 4.69) is 9.97 Å². The van der Waals surface area contributed by atoms with E-state index in [0.29, 0.717) is 28.9 Å². The van der Waals surface area contributed by atoms with Crippen molar-refractivity contribution in [2.24, 2.45) is 0 Å². The van der Waals surface area contributed by atoms with Crippen LogP contribution in [0.1, 0.15) is 19.1 Å². The van der Waals surface area contributed by atoms with Gasteiger partial charge in [0.15, 0.2) is 11.6 Å². The third-order valence-corrected chi connectivity index (χ3v) is 3.92. The van der Waals surface area contributed by atoms with Crippen LogP contribution in [0.25, 0.3) is 22.5 Å². The van der Waals surface area contributed by atoms with Crippen molar-refractivity contribution in [3.63, 3.8) is 0 Å². The Labute approximate surface area is 125 Å². The van der Waals surface area contributed by atoms with Gasteiger partial charge in [0.05, 0.1) is 24.4 Å². The van der Waals surface area contributed by atoms with Crippen LogP contribution < -0.4 is 0 Å². The van der Waals surface area contributed by atoms with Crippen LogP contribution >= 0.6 is 0 Å². The molecule has 0 spiro atoms. The summed E-state index contributed by atoms with van der Waals surface area (Å²) in [6.45, 7) is -0.0369. The highest BCUT2D eigenvalue weighted by atomic mass is 19.1. The normalized spacial score (nSPS) is 21.7. The quantitative estimate of drug-likeness (QED) is 0.804. The van der Waals surface area contributed by atoms with Crippen molar-refractivity contribution in [3.05, 3.63) is 36.7 Å². The second-order valence-corrected chi connectivity index (χ2v) is 5.26. The maximum Gasteiger partial charge on any atom is 0.153 e. The van der Waals surface area contributed by atoms with Crippen LogP contribution in [0.15, 0.2) is 35.3 Å². The van der Waals surface area contributed by atoms with Gasteiger partial charge in [-0.25, -0.2) is 14.4 Å². The summed E-state index contributed by atoms with van der Waals surface area (Å²) >= 11 is 0. The average Bonchev–Trinajstić information content (AvgIpc) is 3.27. The number of nitrogens with zero attached hydrogens (tertiary/aromatic N) is 3. The molecule has 0 aromatic carbocycles. The van der Waals surface area contributed by atoms with Gasteiger partial charge in [-0.15, -0.1) is 0 Å². The summed E-state index contributed by atoms with van der Waals surface area (Å²) in [5, 5.41) is 9.49. The zero-order valence-electron chi connectivity index (χ0n) is 11.6. The number of aliphatic hydroxyl groups is 1. The summed E-state index contributed by atoms with van der Waals surface area (Å²) in [5.74, 6) is 0.0719. The Morgan fingerprint density at radius 1 is 1.36 bits per heavy atom. The fourth-order valence-electron chi connectivity index (χ4n) is 2.89. The number of furan rings is 1. The standard InChI is InChI=1S/C15H14FN3O3/c16-10-6-19(12-4-3-9(7-20)22-12)15-13(10)14(17-8-18-15)11-2-1-5-21-11/h1-2,5-6,8-9,12,20H,3-4,7H2/t9-,12+/m0/s1. The van der Waals surface area contributed by atoms with Crippen molar-refractivity contribution in [1.82, 2.24) is 14.5 Å². The van der Waals surface area contributed by atoms with Crippen molar-refractivity contribution < 1.29 is 18.7 Å². The molecule has 0 amide bonds. The molecule has 1 saturated heterocycles. The molecule has 1 N–H and O–H groups in total. The van der Waals surface area contributed by atoms with Crippen molar-refractivity contribution in [3.8, 4) is 11.5 Å². The summed E-state index contributed by atoms with van der Waals surface area (Å²) in [4.78, 5) is 8.34. The van der Waals surface area contributed by atoms with Crippen LogP contribution in [0.5, 0.6) is 0 Å². The monoisotopic (exact) mass is 303 g/mol. The fraction of sp³-hybridized carbons (Fsp3) is 0.333. The molecule has 6 nitrogen and oxygen atoms in total. The summed E-state index contributed by atoms with van der Waals surface area (Å²) in [6, 6.07) is 3.45. The first-order valence-corrected chi connectivity index (χ1v) is 7.09. The molecular formula is C15H14FN3O3. The molecule has 3 aromatic rings. The highest BCUT2D eigenvalue weighted by Gasteiger charge is 2.29. The first-order valence-electron chi connectivity index (χ1n) is 7.09. The molecule has 1 fully saturated rings. The molecule has 1 aliphatic heterocycles. The number of aromatic nitrogens is 3. The van der Waals surface area contributed by atoms with Gasteiger partial charge >= 0.3 is 0 Å². The lowest BCUT2D eigenvalue weighted by atomic mass is 10.2. The van der Waals surface area contributed by atoms with Gasteiger partial charge in [-0.05, 0) is 25.0 Å². The fourth-order valence-corrected chi connectivity index (χ4v) is 2.89. The third-order valence-electron chi connectivity index (χ3n) is 3.92. The molecule has 0 saturated carbocycles. The molecule has 4 heterocycles. The zero-order valence-corrected chi connectivity index (χ0v) is 11.6. The molecule has 0 unspecified atom stereocenters. The number of aliphatic hydroxyl groups excluding tert-OH is 1. The lowest BCUT2D eigenvalue weighted by Crippen LogP contribution is -2.14. The molecule has 0 bridgehead atoms. The first kappa shape index (κ1) is 13.4. The van der Waals surface area contributed by atoms with E-state index in [1.165, 1.54) is 18.8 Å². The highest BCUT2D eigenvalue weighted by molar-refractivity contribution is 5.90. The summed E-state index contributed by atoms with van der Waals surface area (Å²) in [5.41, 5.74) is 0.880. The molecular weight excluding hydrogens is 289 g/mol. The lowest BCUT2D eigenvalue weighted by molar-refractivity contribution is -0.0206. The SMILES string of the molecule is OC[C@@H]1CC[C@H](n2cc(F)c3c(-c4ccco4)ncnc32)O1. The van der Waals surface area contributed by atoms with Gasteiger partial charge in [0.25, 0.3) is 0 Å². The second kappa shape index (κ2) is 5.19. The minimum absolute atomic E-state index is 0.0369. The number of hydrogen-bond acceptors (Lipinski definition) is 5. The molecule has 7 heteroatoms. The molecule has 0 aliphatic carbocycles. The molecule has 1 aliphatic rings. The summed E-state index contributed by atoms with van der Waals surface area (Å²) in [6.07, 6.45) is 5.17.